The van der Waals surface area contributed by atoms with E-state index in [1.807, 2.05) is 13.8 Å². The molecule has 2 aromatic rings. The van der Waals surface area contributed by atoms with Gasteiger partial charge in [0.25, 0.3) is 0 Å². The average molecular weight is 295 g/mol. The second-order valence-corrected chi connectivity index (χ2v) is 6.14. The molecule has 3 rings (SSSR count). The second-order valence-electron chi connectivity index (χ2n) is 6.14. The van der Waals surface area contributed by atoms with Gasteiger partial charge in [-0.2, -0.15) is 0 Å². The lowest BCUT2D eigenvalue weighted by atomic mass is 9.77. The Kier molecular flexibility index (Phi) is 6.21. The van der Waals surface area contributed by atoms with Crippen molar-refractivity contribution in [2.45, 2.75) is 45.1 Å². The first-order chi connectivity index (χ1) is 10.7. The molecule has 0 saturated carbocycles. The minimum absolute atomic E-state index is 0.648. The Balaban J connectivity index is 0.000000847. The van der Waals surface area contributed by atoms with E-state index >= 15 is 0 Å². The van der Waals surface area contributed by atoms with E-state index in [0.717, 1.165) is 6.42 Å². The fourth-order valence-corrected chi connectivity index (χ4v) is 3.40. The topological polar surface area (TPSA) is 3.24 Å². The van der Waals surface area contributed by atoms with Crippen molar-refractivity contribution in [1.29, 1.82) is 0 Å². The molecule has 1 nitrogen and oxygen atoms in total. The zero-order chi connectivity index (χ0) is 15.9. The fraction of sp³-hybridized carbons (Fsp3) is 0.429. The molecule has 2 atom stereocenters. The van der Waals surface area contributed by atoms with Crippen LogP contribution < -0.4 is 0 Å². The summed E-state index contributed by atoms with van der Waals surface area (Å²) in [7, 11) is 4.41. The van der Waals surface area contributed by atoms with Crippen molar-refractivity contribution >= 4 is 0 Å². The summed E-state index contributed by atoms with van der Waals surface area (Å²) >= 11 is 0. The van der Waals surface area contributed by atoms with Gasteiger partial charge in [-0.25, -0.2) is 0 Å². The summed E-state index contributed by atoms with van der Waals surface area (Å²) in [6, 6.07) is 20.6. The second kappa shape index (κ2) is 8.14. The van der Waals surface area contributed by atoms with Crippen LogP contribution in [0.15, 0.2) is 54.6 Å². The predicted molar refractivity (Wildman–Crippen MR) is 96.5 cm³/mol. The largest absolute Gasteiger partial charge is 0.306 e. The van der Waals surface area contributed by atoms with Gasteiger partial charge in [-0.15, -0.1) is 0 Å². The van der Waals surface area contributed by atoms with Crippen molar-refractivity contribution in [1.82, 2.24) is 4.90 Å². The van der Waals surface area contributed by atoms with Gasteiger partial charge in [0.2, 0.25) is 0 Å². The standard InChI is InChI=1S/C19H23N.C2H6/c1-20(2)18-13-16-10-6-7-11-19(16)17(14-18)12-15-8-4-3-5-9-15;1-2/h3-11,17-18H,12-14H2,1-2H3;1-2H3. The number of benzene rings is 2. The Morgan fingerprint density at radius 3 is 2.23 bits per heavy atom. The third-order valence-electron chi connectivity index (χ3n) is 4.56. The lowest BCUT2D eigenvalue weighted by Crippen LogP contribution is -2.35. The smallest absolute Gasteiger partial charge is 0.0136 e. The molecule has 0 bridgehead atoms. The molecule has 1 heteroatoms. The Bertz CT molecular complexity index is 559. The van der Waals surface area contributed by atoms with E-state index in [1.54, 1.807) is 11.1 Å². The van der Waals surface area contributed by atoms with Crippen molar-refractivity contribution in [3.63, 3.8) is 0 Å². The Hall–Kier alpha value is -1.60. The quantitative estimate of drug-likeness (QED) is 0.777. The van der Waals surface area contributed by atoms with Gasteiger partial charge >= 0.3 is 0 Å². The van der Waals surface area contributed by atoms with Crippen LogP contribution in [-0.2, 0) is 12.8 Å². The summed E-state index contributed by atoms with van der Waals surface area (Å²) < 4.78 is 0. The molecule has 2 aromatic carbocycles. The first kappa shape index (κ1) is 16.8. The van der Waals surface area contributed by atoms with E-state index in [9.17, 15) is 0 Å². The maximum absolute atomic E-state index is 2.38. The van der Waals surface area contributed by atoms with Crippen LogP contribution in [0, 0.1) is 0 Å². The summed E-state index contributed by atoms with van der Waals surface area (Å²) in [5.74, 6) is 0.648. The molecule has 0 aliphatic heterocycles. The SMILES string of the molecule is CC.CN(C)C1Cc2ccccc2C(Cc2ccccc2)C1. The fourth-order valence-electron chi connectivity index (χ4n) is 3.40. The molecule has 1 aliphatic rings. The summed E-state index contributed by atoms with van der Waals surface area (Å²) in [6.07, 6.45) is 3.61. The number of rotatable bonds is 3. The zero-order valence-electron chi connectivity index (χ0n) is 14.4. The van der Waals surface area contributed by atoms with Gasteiger partial charge in [-0.1, -0.05) is 68.4 Å². The molecule has 0 heterocycles. The highest BCUT2D eigenvalue weighted by Gasteiger charge is 2.27. The summed E-state index contributed by atoms with van der Waals surface area (Å²) in [5, 5.41) is 0. The predicted octanol–water partition coefficient (Wildman–Crippen LogP) is 4.92. The van der Waals surface area contributed by atoms with Crippen LogP contribution in [0.2, 0.25) is 0 Å². The van der Waals surface area contributed by atoms with Gasteiger partial charge < -0.3 is 4.90 Å². The maximum atomic E-state index is 2.38. The summed E-state index contributed by atoms with van der Waals surface area (Å²) in [4.78, 5) is 2.38. The normalized spacial score (nSPS) is 20.0. The summed E-state index contributed by atoms with van der Waals surface area (Å²) in [5.41, 5.74) is 4.56. The van der Waals surface area contributed by atoms with Crippen molar-refractivity contribution in [3.8, 4) is 0 Å². The van der Waals surface area contributed by atoms with Gasteiger partial charge in [0.1, 0.15) is 0 Å². The number of nitrogens with zero attached hydrogens (tertiary/aromatic N) is 1. The number of hydrogen-bond donors (Lipinski definition) is 0. The third kappa shape index (κ3) is 3.98. The van der Waals surface area contributed by atoms with Crippen molar-refractivity contribution < 1.29 is 0 Å². The third-order valence-corrected chi connectivity index (χ3v) is 4.56. The van der Waals surface area contributed by atoms with Crippen LogP contribution in [0.1, 0.15) is 42.9 Å². The van der Waals surface area contributed by atoms with Crippen LogP contribution >= 0.6 is 0 Å². The molecule has 0 N–H and O–H groups in total. The van der Waals surface area contributed by atoms with Crippen LogP contribution in [0.5, 0.6) is 0 Å². The van der Waals surface area contributed by atoms with Crippen LogP contribution in [0.4, 0.5) is 0 Å². The summed E-state index contributed by atoms with van der Waals surface area (Å²) in [6.45, 7) is 4.00. The molecular formula is C21H29N. The molecular weight excluding hydrogens is 266 g/mol. The molecule has 0 fully saturated rings. The molecule has 0 amide bonds. The van der Waals surface area contributed by atoms with Gasteiger partial charge in [0.05, 0.1) is 0 Å². The molecule has 118 valence electrons. The Labute approximate surface area is 136 Å². The molecule has 0 radical (unpaired) electrons. The van der Waals surface area contributed by atoms with E-state index in [2.05, 4.69) is 73.6 Å². The van der Waals surface area contributed by atoms with Crippen LogP contribution in [-0.4, -0.2) is 25.0 Å². The highest BCUT2D eigenvalue weighted by Crippen LogP contribution is 2.35. The van der Waals surface area contributed by atoms with E-state index in [4.69, 9.17) is 0 Å². The van der Waals surface area contributed by atoms with Crippen molar-refractivity contribution in [2.75, 3.05) is 14.1 Å². The van der Waals surface area contributed by atoms with Crippen molar-refractivity contribution in [3.05, 3.63) is 71.3 Å². The zero-order valence-corrected chi connectivity index (χ0v) is 14.4. The lowest BCUT2D eigenvalue weighted by Gasteiger charge is -2.35. The highest BCUT2D eigenvalue weighted by molar-refractivity contribution is 5.35. The first-order valence-corrected chi connectivity index (χ1v) is 8.52. The molecule has 1 aliphatic carbocycles. The number of fused-ring (bicyclic) bond motifs is 1. The Morgan fingerprint density at radius 2 is 1.55 bits per heavy atom. The highest BCUT2D eigenvalue weighted by atomic mass is 15.1. The number of hydrogen-bond acceptors (Lipinski definition) is 1. The minimum atomic E-state index is 0.648. The van der Waals surface area contributed by atoms with E-state index < -0.39 is 0 Å². The molecule has 2 unspecified atom stereocenters. The van der Waals surface area contributed by atoms with Crippen LogP contribution in [0.25, 0.3) is 0 Å². The first-order valence-electron chi connectivity index (χ1n) is 8.52. The molecule has 0 aromatic heterocycles. The molecule has 0 spiro atoms. The van der Waals surface area contributed by atoms with Gasteiger partial charge in [0, 0.05) is 6.04 Å². The monoisotopic (exact) mass is 295 g/mol. The van der Waals surface area contributed by atoms with Gasteiger partial charge in [-0.3, -0.25) is 0 Å². The maximum Gasteiger partial charge on any atom is 0.0136 e. The van der Waals surface area contributed by atoms with Crippen molar-refractivity contribution in [2.24, 2.45) is 0 Å². The molecule has 0 saturated heterocycles. The lowest BCUT2D eigenvalue weighted by molar-refractivity contribution is 0.250. The van der Waals surface area contributed by atoms with Gasteiger partial charge in [-0.05, 0) is 56.0 Å². The minimum Gasteiger partial charge on any atom is -0.306 e. The van der Waals surface area contributed by atoms with Crippen LogP contribution in [0.3, 0.4) is 0 Å². The van der Waals surface area contributed by atoms with E-state index in [0.29, 0.717) is 12.0 Å². The number of likely N-dealkylation sites (N-methyl/N-ethyl adjacent to an activating group) is 1. The van der Waals surface area contributed by atoms with E-state index in [1.165, 1.54) is 18.4 Å². The van der Waals surface area contributed by atoms with E-state index in [-0.39, 0.29) is 0 Å². The molecule has 22 heavy (non-hydrogen) atoms. The van der Waals surface area contributed by atoms with Gasteiger partial charge in [0.15, 0.2) is 0 Å². The average Bonchev–Trinajstić information content (AvgIpc) is 2.57. The Morgan fingerprint density at radius 1 is 0.909 bits per heavy atom.